The summed E-state index contributed by atoms with van der Waals surface area (Å²) in [6.45, 7) is 2.18. The Morgan fingerprint density at radius 2 is 1.81 bits per heavy atom. The number of carbonyl (C=O) groups excluding carboxylic acids is 2. The maximum absolute atomic E-state index is 13.0. The third-order valence-corrected chi connectivity index (χ3v) is 6.80. The maximum atomic E-state index is 13.0. The van der Waals surface area contributed by atoms with Crippen molar-refractivity contribution >= 4 is 33.6 Å². The highest BCUT2D eigenvalue weighted by molar-refractivity contribution is 5.95. The molecule has 7 nitrogen and oxygen atoms in total. The van der Waals surface area contributed by atoms with Gasteiger partial charge in [0.25, 0.3) is 11.5 Å². The minimum atomic E-state index is -0.626. The van der Waals surface area contributed by atoms with Crippen molar-refractivity contribution in [2.75, 3.05) is 6.61 Å². The lowest BCUT2D eigenvalue weighted by Gasteiger charge is -2.17. The summed E-state index contributed by atoms with van der Waals surface area (Å²) in [7, 11) is 0. The number of aromatic nitrogens is 2. The van der Waals surface area contributed by atoms with Crippen LogP contribution in [-0.4, -0.2) is 28.0 Å². The van der Waals surface area contributed by atoms with Crippen LogP contribution in [0.15, 0.2) is 65.5 Å². The van der Waals surface area contributed by atoms with Crippen molar-refractivity contribution in [2.24, 2.45) is 0 Å². The van der Waals surface area contributed by atoms with Gasteiger partial charge >= 0.3 is 5.97 Å². The molecular weight excluding hydrogens is 454 g/mol. The summed E-state index contributed by atoms with van der Waals surface area (Å²) in [5, 5.41) is 5.55. The standard InChI is InChI=1S/C29H29N3O4/c1-19(22-12-8-10-20-9-5-6-11-23(20)22)30-27(33)18-36-29(35)21-14-15-24-25(17-21)31-26-13-4-2-3-7-16-32(26)28(24)34/h5-6,8-12,14-15,17,19H,2-4,7,13,16,18H2,1H3,(H,30,33). The first-order valence-electron chi connectivity index (χ1n) is 12.5. The number of hydrogen-bond donors (Lipinski definition) is 1. The van der Waals surface area contributed by atoms with E-state index in [1.54, 1.807) is 22.8 Å². The molecule has 1 N–H and O–H groups in total. The summed E-state index contributed by atoms with van der Waals surface area (Å²) in [6.07, 6.45) is 4.94. The van der Waals surface area contributed by atoms with Crippen LogP contribution in [0.2, 0.25) is 0 Å². The van der Waals surface area contributed by atoms with Crippen molar-refractivity contribution in [3.8, 4) is 0 Å². The van der Waals surface area contributed by atoms with Gasteiger partial charge in [-0.1, -0.05) is 55.3 Å². The molecule has 1 aliphatic heterocycles. The molecule has 0 aliphatic carbocycles. The lowest BCUT2D eigenvalue weighted by molar-refractivity contribution is -0.124. The van der Waals surface area contributed by atoms with Crippen molar-refractivity contribution < 1.29 is 14.3 Å². The Balaban J connectivity index is 1.27. The van der Waals surface area contributed by atoms with E-state index in [1.807, 2.05) is 49.4 Å². The molecule has 5 rings (SSSR count). The molecular formula is C29H29N3O4. The van der Waals surface area contributed by atoms with Crippen LogP contribution >= 0.6 is 0 Å². The van der Waals surface area contributed by atoms with Crippen LogP contribution in [0.3, 0.4) is 0 Å². The van der Waals surface area contributed by atoms with Crippen molar-refractivity contribution in [1.82, 2.24) is 14.9 Å². The number of benzene rings is 3. The Labute approximate surface area is 209 Å². The van der Waals surface area contributed by atoms with Gasteiger partial charge in [-0.2, -0.15) is 0 Å². The highest BCUT2D eigenvalue weighted by Crippen LogP contribution is 2.24. The van der Waals surface area contributed by atoms with Crippen LogP contribution in [0.4, 0.5) is 0 Å². The van der Waals surface area contributed by atoms with Gasteiger partial charge in [0.05, 0.1) is 22.5 Å². The van der Waals surface area contributed by atoms with Gasteiger partial charge in [0.1, 0.15) is 5.82 Å². The Morgan fingerprint density at radius 3 is 2.69 bits per heavy atom. The first-order chi connectivity index (χ1) is 17.5. The van der Waals surface area contributed by atoms with Gasteiger partial charge in [-0.3, -0.25) is 14.2 Å². The van der Waals surface area contributed by atoms with E-state index in [1.165, 1.54) is 0 Å². The van der Waals surface area contributed by atoms with Crippen molar-refractivity contribution in [3.05, 3.63) is 88.0 Å². The van der Waals surface area contributed by atoms with Gasteiger partial charge < -0.3 is 10.1 Å². The average molecular weight is 484 g/mol. The summed E-state index contributed by atoms with van der Waals surface area (Å²) < 4.78 is 7.05. The predicted molar refractivity (Wildman–Crippen MR) is 139 cm³/mol. The number of nitrogens with one attached hydrogen (secondary N) is 1. The summed E-state index contributed by atoms with van der Waals surface area (Å²) in [5.74, 6) is -0.250. The molecule has 0 saturated heterocycles. The molecule has 1 amide bonds. The van der Waals surface area contributed by atoms with Crippen molar-refractivity contribution in [3.63, 3.8) is 0 Å². The molecule has 0 saturated carbocycles. The Bertz CT molecular complexity index is 1500. The molecule has 0 spiro atoms. The third-order valence-electron chi connectivity index (χ3n) is 6.80. The van der Waals surface area contributed by atoms with Crippen molar-refractivity contribution in [2.45, 2.75) is 51.6 Å². The van der Waals surface area contributed by atoms with E-state index >= 15 is 0 Å². The SMILES string of the molecule is CC(NC(=O)COC(=O)c1ccc2c(=O)n3c(nc2c1)CCCCCC3)c1cccc2ccccc12. The molecule has 0 radical (unpaired) electrons. The van der Waals surface area contributed by atoms with E-state index < -0.39 is 12.6 Å². The number of aryl methyl sites for hydroxylation is 1. The number of amides is 1. The minimum absolute atomic E-state index is 0.0707. The summed E-state index contributed by atoms with van der Waals surface area (Å²) in [6, 6.07) is 18.5. The first-order valence-corrected chi connectivity index (χ1v) is 12.5. The van der Waals surface area contributed by atoms with E-state index in [4.69, 9.17) is 9.72 Å². The molecule has 2 heterocycles. The fourth-order valence-electron chi connectivity index (χ4n) is 4.93. The molecule has 1 aliphatic rings. The Hall–Kier alpha value is -4.00. The molecule has 184 valence electrons. The van der Waals surface area contributed by atoms with E-state index in [0.29, 0.717) is 17.4 Å². The zero-order valence-electron chi connectivity index (χ0n) is 20.3. The predicted octanol–water partition coefficient (Wildman–Crippen LogP) is 4.70. The quantitative estimate of drug-likeness (QED) is 0.416. The number of nitrogens with zero attached hydrogens (tertiary/aromatic N) is 2. The largest absolute Gasteiger partial charge is 0.452 e. The number of ether oxygens (including phenoxy) is 1. The van der Waals surface area contributed by atoms with E-state index in [0.717, 1.165) is 54.3 Å². The normalized spacial score (nSPS) is 14.5. The second-order valence-corrected chi connectivity index (χ2v) is 9.31. The zero-order chi connectivity index (χ0) is 25.1. The Kier molecular flexibility index (Phi) is 6.80. The zero-order valence-corrected chi connectivity index (χ0v) is 20.3. The first kappa shape index (κ1) is 23.7. The number of hydrogen-bond acceptors (Lipinski definition) is 5. The fourth-order valence-corrected chi connectivity index (χ4v) is 4.93. The number of rotatable bonds is 5. The second-order valence-electron chi connectivity index (χ2n) is 9.31. The van der Waals surface area contributed by atoms with E-state index in [-0.39, 0.29) is 23.1 Å². The summed E-state index contributed by atoms with van der Waals surface area (Å²) >= 11 is 0. The highest BCUT2D eigenvalue weighted by atomic mass is 16.5. The van der Waals surface area contributed by atoms with Gasteiger partial charge in [0, 0.05) is 13.0 Å². The number of fused-ring (bicyclic) bond motifs is 3. The van der Waals surface area contributed by atoms with E-state index in [9.17, 15) is 14.4 Å². The Morgan fingerprint density at radius 1 is 1.00 bits per heavy atom. The second kappa shape index (κ2) is 10.3. The molecule has 1 unspecified atom stereocenters. The molecule has 7 heteroatoms. The van der Waals surface area contributed by atoms with Gasteiger partial charge in [-0.25, -0.2) is 9.78 Å². The molecule has 3 aromatic carbocycles. The lowest BCUT2D eigenvalue weighted by Crippen LogP contribution is -2.31. The van der Waals surface area contributed by atoms with Crippen LogP contribution in [0.5, 0.6) is 0 Å². The van der Waals surface area contributed by atoms with Gasteiger partial charge in [-0.15, -0.1) is 0 Å². The lowest BCUT2D eigenvalue weighted by atomic mass is 10.00. The fraction of sp³-hybridized carbons (Fsp3) is 0.310. The van der Waals surface area contributed by atoms with Crippen molar-refractivity contribution in [1.29, 1.82) is 0 Å². The van der Waals surface area contributed by atoms with Crippen LogP contribution in [-0.2, 0) is 22.5 Å². The molecule has 0 bridgehead atoms. The number of esters is 1. The van der Waals surface area contributed by atoms with Crippen LogP contribution in [0, 0.1) is 0 Å². The molecule has 36 heavy (non-hydrogen) atoms. The van der Waals surface area contributed by atoms with Gasteiger partial charge in [0.2, 0.25) is 0 Å². The molecule has 4 aromatic rings. The topological polar surface area (TPSA) is 90.3 Å². The minimum Gasteiger partial charge on any atom is -0.452 e. The highest BCUT2D eigenvalue weighted by Gasteiger charge is 2.17. The summed E-state index contributed by atoms with van der Waals surface area (Å²) in [4.78, 5) is 42.9. The van der Waals surface area contributed by atoms with Crippen LogP contribution in [0.1, 0.15) is 60.4 Å². The van der Waals surface area contributed by atoms with Crippen LogP contribution in [0.25, 0.3) is 21.7 Å². The summed E-state index contributed by atoms with van der Waals surface area (Å²) in [5.41, 5.74) is 1.67. The third kappa shape index (κ3) is 4.87. The molecule has 1 aromatic heterocycles. The average Bonchev–Trinajstić information content (AvgIpc) is 2.87. The number of carbonyl (C=O) groups is 2. The molecule has 1 atom stereocenters. The van der Waals surface area contributed by atoms with E-state index in [2.05, 4.69) is 5.32 Å². The molecule has 0 fully saturated rings. The van der Waals surface area contributed by atoms with Gasteiger partial charge in [0.15, 0.2) is 6.61 Å². The van der Waals surface area contributed by atoms with Gasteiger partial charge in [-0.05, 0) is 54.3 Å². The monoisotopic (exact) mass is 483 g/mol. The smallest absolute Gasteiger partial charge is 0.338 e. The van der Waals surface area contributed by atoms with Crippen LogP contribution < -0.4 is 10.9 Å². The maximum Gasteiger partial charge on any atom is 0.338 e.